The van der Waals surface area contributed by atoms with Crippen LogP contribution in [0, 0.1) is 12.7 Å². The molecule has 2 heterocycles. The number of rotatable bonds is 2. The number of hydrogen-bond acceptors (Lipinski definition) is 3. The summed E-state index contributed by atoms with van der Waals surface area (Å²) in [5.74, 6) is -0.0103. The van der Waals surface area contributed by atoms with Crippen LogP contribution >= 0.6 is 11.6 Å². The number of hydrogen-bond donors (Lipinski definition) is 1. The van der Waals surface area contributed by atoms with E-state index in [4.69, 9.17) is 17.3 Å². The van der Waals surface area contributed by atoms with Crippen molar-refractivity contribution in [2.45, 2.75) is 19.9 Å². The molecule has 4 nitrogen and oxygen atoms in total. The molecular weight excluding hydrogens is 243 g/mol. The van der Waals surface area contributed by atoms with Gasteiger partial charge < -0.3 is 5.73 Å². The number of nitrogen functional groups attached to an aromatic ring is 1. The van der Waals surface area contributed by atoms with Gasteiger partial charge in [0.25, 0.3) is 0 Å². The molecule has 0 aliphatic heterocycles. The average molecular weight is 255 g/mol. The second-order valence-electron chi connectivity index (χ2n) is 3.84. The summed E-state index contributed by atoms with van der Waals surface area (Å²) in [6.45, 7) is 3.63. The molecule has 0 saturated heterocycles. The van der Waals surface area contributed by atoms with Gasteiger partial charge in [-0.2, -0.15) is 5.10 Å². The third-order valence-electron chi connectivity index (χ3n) is 2.62. The minimum absolute atomic E-state index is 0.218. The molecule has 2 aromatic heterocycles. The minimum Gasteiger partial charge on any atom is -0.383 e. The molecule has 2 rings (SSSR count). The number of aryl methyl sites for hydroxylation is 1. The Kier molecular flexibility index (Phi) is 3.02. The van der Waals surface area contributed by atoms with Crippen LogP contribution in [0.5, 0.6) is 0 Å². The topological polar surface area (TPSA) is 56.7 Å². The number of anilines is 1. The first-order valence-electron chi connectivity index (χ1n) is 5.11. The van der Waals surface area contributed by atoms with E-state index in [9.17, 15) is 4.39 Å². The molecule has 0 saturated carbocycles. The molecule has 0 amide bonds. The first-order chi connectivity index (χ1) is 8.00. The van der Waals surface area contributed by atoms with Crippen LogP contribution in [-0.4, -0.2) is 14.8 Å². The Hall–Kier alpha value is -1.62. The molecule has 2 aromatic rings. The van der Waals surface area contributed by atoms with E-state index in [1.54, 1.807) is 17.8 Å². The molecule has 0 fully saturated rings. The van der Waals surface area contributed by atoms with Crippen molar-refractivity contribution < 1.29 is 4.39 Å². The Balaban J connectivity index is 2.43. The summed E-state index contributed by atoms with van der Waals surface area (Å²) in [5, 5.41) is 4.66. The maximum atomic E-state index is 13.1. The van der Waals surface area contributed by atoms with Crippen LogP contribution in [0.25, 0.3) is 0 Å². The Morgan fingerprint density at radius 1 is 1.47 bits per heavy atom. The molecule has 0 aliphatic carbocycles. The molecule has 90 valence electrons. The fourth-order valence-corrected chi connectivity index (χ4v) is 1.76. The predicted octanol–water partition coefficient (Wildman–Crippen LogP) is 2.57. The second-order valence-corrected chi connectivity index (χ2v) is 4.22. The standard InChI is InChI=1S/C11H12ClFN4/c1-6-10(12)11(14)17(16-6)7(2)8-3-9(13)5-15-4-8/h3-5,7H,14H2,1-2H3. The largest absolute Gasteiger partial charge is 0.383 e. The molecule has 0 bridgehead atoms. The molecule has 1 atom stereocenters. The Labute approximate surface area is 103 Å². The van der Waals surface area contributed by atoms with Crippen molar-refractivity contribution >= 4 is 17.4 Å². The lowest BCUT2D eigenvalue weighted by Gasteiger charge is -2.13. The lowest BCUT2D eigenvalue weighted by atomic mass is 10.1. The van der Waals surface area contributed by atoms with Crippen LogP contribution in [0.4, 0.5) is 10.2 Å². The molecule has 0 radical (unpaired) electrons. The fourth-order valence-electron chi connectivity index (χ4n) is 1.64. The highest BCUT2D eigenvalue weighted by Gasteiger charge is 2.17. The molecule has 17 heavy (non-hydrogen) atoms. The van der Waals surface area contributed by atoms with Crippen LogP contribution in [-0.2, 0) is 0 Å². The van der Waals surface area contributed by atoms with Crippen LogP contribution in [0.3, 0.4) is 0 Å². The molecule has 0 spiro atoms. The SMILES string of the molecule is Cc1nn(C(C)c2cncc(F)c2)c(N)c1Cl. The van der Waals surface area contributed by atoms with E-state index < -0.39 is 0 Å². The second kappa shape index (κ2) is 4.33. The first-order valence-corrected chi connectivity index (χ1v) is 5.49. The summed E-state index contributed by atoms with van der Waals surface area (Å²) in [5.41, 5.74) is 7.18. The average Bonchev–Trinajstić information content (AvgIpc) is 2.56. The molecule has 6 heteroatoms. The van der Waals surface area contributed by atoms with Gasteiger partial charge in [0.2, 0.25) is 0 Å². The monoisotopic (exact) mass is 254 g/mol. The van der Waals surface area contributed by atoms with Crippen molar-refractivity contribution in [2.75, 3.05) is 5.73 Å². The van der Waals surface area contributed by atoms with Gasteiger partial charge >= 0.3 is 0 Å². The third kappa shape index (κ3) is 2.10. The molecule has 0 aromatic carbocycles. The zero-order valence-corrected chi connectivity index (χ0v) is 10.2. The van der Waals surface area contributed by atoms with Gasteiger partial charge in [-0.25, -0.2) is 9.07 Å². The lowest BCUT2D eigenvalue weighted by molar-refractivity contribution is 0.556. The van der Waals surface area contributed by atoms with E-state index in [2.05, 4.69) is 10.1 Å². The van der Waals surface area contributed by atoms with Crippen LogP contribution < -0.4 is 5.73 Å². The van der Waals surface area contributed by atoms with Gasteiger partial charge in [-0.3, -0.25) is 4.98 Å². The highest BCUT2D eigenvalue weighted by Crippen LogP contribution is 2.28. The van der Waals surface area contributed by atoms with Gasteiger partial charge in [-0.1, -0.05) is 11.6 Å². The summed E-state index contributed by atoms with van der Waals surface area (Å²) >= 11 is 5.96. The highest BCUT2D eigenvalue weighted by atomic mass is 35.5. The number of halogens is 2. The summed E-state index contributed by atoms with van der Waals surface area (Å²) in [4.78, 5) is 3.80. The van der Waals surface area contributed by atoms with Crippen molar-refractivity contribution in [1.82, 2.24) is 14.8 Å². The van der Waals surface area contributed by atoms with Gasteiger partial charge in [-0.05, 0) is 25.5 Å². The van der Waals surface area contributed by atoms with Crippen molar-refractivity contribution in [3.63, 3.8) is 0 Å². The molecular formula is C11H12ClFN4. The van der Waals surface area contributed by atoms with Crippen LogP contribution in [0.2, 0.25) is 5.02 Å². The number of pyridine rings is 1. The van der Waals surface area contributed by atoms with E-state index in [0.29, 0.717) is 22.1 Å². The maximum absolute atomic E-state index is 13.1. The third-order valence-corrected chi connectivity index (χ3v) is 3.09. The van der Waals surface area contributed by atoms with E-state index in [0.717, 1.165) is 6.20 Å². The van der Waals surface area contributed by atoms with Crippen molar-refractivity contribution in [3.05, 3.63) is 40.6 Å². The highest BCUT2D eigenvalue weighted by molar-refractivity contribution is 6.33. The molecule has 2 N–H and O–H groups in total. The minimum atomic E-state index is -0.386. The van der Waals surface area contributed by atoms with Crippen molar-refractivity contribution in [1.29, 1.82) is 0 Å². The van der Waals surface area contributed by atoms with Gasteiger partial charge in [0.1, 0.15) is 16.7 Å². The maximum Gasteiger partial charge on any atom is 0.141 e. The van der Waals surface area contributed by atoms with E-state index >= 15 is 0 Å². The van der Waals surface area contributed by atoms with Crippen LogP contribution in [0.15, 0.2) is 18.5 Å². The number of aromatic nitrogens is 3. The summed E-state index contributed by atoms with van der Waals surface area (Å²) in [7, 11) is 0. The van der Waals surface area contributed by atoms with E-state index in [1.807, 2.05) is 6.92 Å². The lowest BCUT2D eigenvalue weighted by Crippen LogP contribution is -2.12. The van der Waals surface area contributed by atoms with Crippen molar-refractivity contribution in [2.24, 2.45) is 0 Å². The van der Waals surface area contributed by atoms with Gasteiger partial charge in [0.15, 0.2) is 0 Å². The smallest absolute Gasteiger partial charge is 0.141 e. The van der Waals surface area contributed by atoms with E-state index in [1.165, 1.54) is 6.07 Å². The Morgan fingerprint density at radius 2 is 2.18 bits per heavy atom. The fraction of sp³-hybridized carbons (Fsp3) is 0.273. The quantitative estimate of drug-likeness (QED) is 0.896. The van der Waals surface area contributed by atoms with Crippen molar-refractivity contribution in [3.8, 4) is 0 Å². The molecule has 0 aliphatic rings. The first kappa shape index (κ1) is 11.9. The Bertz CT molecular complexity index is 552. The zero-order valence-electron chi connectivity index (χ0n) is 9.48. The van der Waals surface area contributed by atoms with Gasteiger partial charge in [0, 0.05) is 6.20 Å². The Morgan fingerprint density at radius 3 is 2.71 bits per heavy atom. The van der Waals surface area contributed by atoms with Gasteiger partial charge in [-0.15, -0.1) is 0 Å². The predicted molar refractivity (Wildman–Crippen MR) is 64.4 cm³/mol. The van der Waals surface area contributed by atoms with Crippen LogP contribution in [0.1, 0.15) is 24.2 Å². The normalized spacial score (nSPS) is 12.7. The van der Waals surface area contributed by atoms with Gasteiger partial charge in [0.05, 0.1) is 17.9 Å². The molecule has 1 unspecified atom stereocenters. The number of nitrogens with zero attached hydrogens (tertiary/aromatic N) is 3. The summed E-state index contributed by atoms with van der Waals surface area (Å²) in [6, 6.07) is 1.19. The number of nitrogens with two attached hydrogens (primary N) is 1. The summed E-state index contributed by atoms with van der Waals surface area (Å²) in [6.07, 6.45) is 2.74. The zero-order chi connectivity index (χ0) is 12.6. The van der Waals surface area contributed by atoms with E-state index in [-0.39, 0.29) is 11.9 Å². The summed E-state index contributed by atoms with van der Waals surface area (Å²) < 4.78 is 14.6.